The molecule has 0 radical (unpaired) electrons. The Morgan fingerprint density at radius 3 is 2.30 bits per heavy atom. The van der Waals surface area contributed by atoms with Crippen molar-refractivity contribution >= 4 is 17.7 Å². The van der Waals surface area contributed by atoms with Crippen LogP contribution in [-0.2, 0) is 0 Å². The molecule has 1 aliphatic rings. The van der Waals surface area contributed by atoms with Crippen molar-refractivity contribution in [3.63, 3.8) is 0 Å². The van der Waals surface area contributed by atoms with Crippen molar-refractivity contribution < 1.29 is 14.7 Å². The third-order valence-electron chi connectivity index (χ3n) is 3.29. The number of aromatic carboxylic acids is 1. The second-order valence-electron chi connectivity index (χ2n) is 4.84. The van der Waals surface area contributed by atoms with Gasteiger partial charge in [-0.15, -0.1) is 0 Å². The molecule has 0 aliphatic heterocycles. The summed E-state index contributed by atoms with van der Waals surface area (Å²) in [7, 11) is 0. The molecule has 1 aromatic rings. The van der Waals surface area contributed by atoms with Crippen LogP contribution >= 0.6 is 0 Å². The maximum Gasteiger partial charge on any atom is 0.335 e. The molecule has 0 bridgehead atoms. The number of carbonyl (C=O) groups is 2. The predicted molar refractivity (Wildman–Crippen MR) is 76.7 cm³/mol. The lowest BCUT2D eigenvalue weighted by Crippen LogP contribution is -2.24. The van der Waals surface area contributed by atoms with E-state index in [1.54, 1.807) is 18.3 Å². The van der Waals surface area contributed by atoms with Crippen LogP contribution < -0.4 is 10.6 Å². The molecule has 1 aliphatic carbocycles. The smallest absolute Gasteiger partial charge is 0.335 e. The minimum atomic E-state index is -0.983. The fourth-order valence-electron chi connectivity index (χ4n) is 2.18. The summed E-state index contributed by atoms with van der Waals surface area (Å²) in [5.74, 6) is -0.983. The van der Waals surface area contributed by atoms with E-state index in [9.17, 15) is 9.59 Å². The highest BCUT2D eigenvalue weighted by molar-refractivity contribution is 5.91. The Balaban J connectivity index is 1.86. The van der Waals surface area contributed by atoms with Gasteiger partial charge in [0.15, 0.2) is 0 Å². The molecule has 20 heavy (non-hydrogen) atoms. The first-order chi connectivity index (χ1) is 9.65. The molecule has 0 saturated heterocycles. The maximum atomic E-state index is 11.7. The number of hydrogen-bond donors (Lipinski definition) is 3. The van der Waals surface area contributed by atoms with Gasteiger partial charge in [-0.2, -0.15) is 0 Å². The third-order valence-corrected chi connectivity index (χ3v) is 3.29. The number of carbonyl (C=O) groups excluding carboxylic acids is 1. The highest BCUT2D eigenvalue weighted by Gasteiger charge is 2.06. The first-order valence-electron chi connectivity index (χ1n) is 6.74. The summed E-state index contributed by atoms with van der Waals surface area (Å²) in [5.41, 5.74) is 2.03. The predicted octanol–water partition coefficient (Wildman–Crippen LogP) is 3.35. The minimum Gasteiger partial charge on any atom is -0.478 e. The molecule has 2 rings (SSSR count). The monoisotopic (exact) mass is 274 g/mol. The van der Waals surface area contributed by atoms with Gasteiger partial charge < -0.3 is 15.7 Å². The minimum absolute atomic E-state index is 0.195. The summed E-state index contributed by atoms with van der Waals surface area (Å²) in [5, 5.41) is 14.1. The molecule has 0 aromatic heterocycles. The molecule has 1 fully saturated rings. The number of urea groups is 1. The van der Waals surface area contributed by atoms with Gasteiger partial charge in [0.2, 0.25) is 0 Å². The van der Waals surface area contributed by atoms with Gasteiger partial charge in [-0.25, -0.2) is 9.59 Å². The Bertz CT molecular complexity index is 512. The standard InChI is InChI=1S/C15H18N2O3/c18-14(19)12-6-8-13(9-7-12)17-15(20)16-10-11-4-2-1-3-5-11/h6-10H,1-5H2,(H,18,19)(H2,16,17,20). The van der Waals surface area contributed by atoms with E-state index in [1.165, 1.54) is 37.0 Å². The number of benzene rings is 1. The van der Waals surface area contributed by atoms with Crippen LogP contribution in [-0.4, -0.2) is 17.1 Å². The highest BCUT2D eigenvalue weighted by atomic mass is 16.4. The van der Waals surface area contributed by atoms with Gasteiger partial charge >= 0.3 is 12.0 Å². The first kappa shape index (κ1) is 14.1. The molecule has 0 spiro atoms. The largest absolute Gasteiger partial charge is 0.478 e. The van der Waals surface area contributed by atoms with Crippen LogP contribution in [0.1, 0.15) is 42.5 Å². The molecule has 2 amide bonds. The van der Waals surface area contributed by atoms with E-state index < -0.39 is 5.97 Å². The average Bonchev–Trinajstić information content (AvgIpc) is 2.47. The second kappa shape index (κ2) is 6.75. The van der Waals surface area contributed by atoms with Gasteiger partial charge in [-0.05, 0) is 49.9 Å². The van der Waals surface area contributed by atoms with Crippen molar-refractivity contribution in [2.75, 3.05) is 5.32 Å². The molecular weight excluding hydrogens is 256 g/mol. The fraction of sp³-hybridized carbons (Fsp3) is 0.333. The topological polar surface area (TPSA) is 78.4 Å². The Labute approximate surface area is 117 Å². The SMILES string of the molecule is O=C(NC=C1CCCCC1)Nc1ccc(C(=O)O)cc1. The molecule has 3 N–H and O–H groups in total. The van der Waals surface area contributed by atoms with Gasteiger partial charge in [0.25, 0.3) is 0 Å². The number of nitrogens with one attached hydrogen (secondary N) is 2. The van der Waals surface area contributed by atoms with Crippen molar-refractivity contribution in [3.05, 3.63) is 41.6 Å². The van der Waals surface area contributed by atoms with E-state index >= 15 is 0 Å². The van der Waals surface area contributed by atoms with E-state index in [0.717, 1.165) is 12.8 Å². The van der Waals surface area contributed by atoms with Gasteiger partial charge in [0.1, 0.15) is 0 Å². The average molecular weight is 274 g/mol. The van der Waals surface area contributed by atoms with Crippen molar-refractivity contribution in [2.24, 2.45) is 0 Å². The van der Waals surface area contributed by atoms with Crippen molar-refractivity contribution in [2.45, 2.75) is 32.1 Å². The summed E-state index contributed by atoms with van der Waals surface area (Å²) in [6.07, 6.45) is 7.51. The zero-order valence-corrected chi connectivity index (χ0v) is 11.2. The van der Waals surface area contributed by atoms with E-state index in [1.807, 2.05) is 0 Å². The van der Waals surface area contributed by atoms with Gasteiger partial charge in [-0.3, -0.25) is 0 Å². The summed E-state index contributed by atoms with van der Waals surface area (Å²) >= 11 is 0. The van der Waals surface area contributed by atoms with Crippen molar-refractivity contribution in [1.29, 1.82) is 0 Å². The van der Waals surface area contributed by atoms with Gasteiger partial charge in [0, 0.05) is 11.9 Å². The van der Waals surface area contributed by atoms with Crippen LogP contribution in [0.4, 0.5) is 10.5 Å². The molecule has 0 heterocycles. The number of carboxylic acids is 1. The molecule has 5 nitrogen and oxygen atoms in total. The zero-order chi connectivity index (χ0) is 14.4. The van der Waals surface area contributed by atoms with Crippen molar-refractivity contribution in [1.82, 2.24) is 5.32 Å². The Morgan fingerprint density at radius 2 is 1.70 bits per heavy atom. The molecule has 1 aromatic carbocycles. The van der Waals surface area contributed by atoms with Gasteiger partial charge in [0.05, 0.1) is 5.56 Å². The number of rotatable bonds is 3. The molecule has 106 valence electrons. The summed E-state index contributed by atoms with van der Waals surface area (Å²) in [4.78, 5) is 22.4. The number of allylic oxidation sites excluding steroid dienone is 1. The van der Waals surface area contributed by atoms with E-state index in [0.29, 0.717) is 5.69 Å². The van der Waals surface area contributed by atoms with E-state index in [2.05, 4.69) is 10.6 Å². The maximum absolute atomic E-state index is 11.7. The van der Waals surface area contributed by atoms with Crippen LogP contribution in [0.3, 0.4) is 0 Å². The number of carboxylic acid groups (broad SMARTS) is 1. The summed E-state index contributed by atoms with van der Waals surface area (Å²) < 4.78 is 0. The normalized spacial score (nSPS) is 14.5. The first-order valence-corrected chi connectivity index (χ1v) is 6.74. The molecule has 0 atom stereocenters. The van der Waals surface area contributed by atoms with Crippen LogP contribution in [0.25, 0.3) is 0 Å². The molecular formula is C15H18N2O3. The number of hydrogen-bond acceptors (Lipinski definition) is 2. The lowest BCUT2D eigenvalue weighted by Gasteiger charge is -2.13. The number of anilines is 1. The van der Waals surface area contributed by atoms with Crippen LogP contribution in [0.2, 0.25) is 0 Å². The zero-order valence-electron chi connectivity index (χ0n) is 11.2. The van der Waals surface area contributed by atoms with Crippen LogP contribution in [0.15, 0.2) is 36.0 Å². The third kappa shape index (κ3) is 4.12. The van der Waals surface area contributed by atoms with Crippen molar-refractivity contribution in [3.8, 4) is 0 Å². The van der Waals surface area contributed by atoms with Gasteiger partial charge in [-0.1, -0.05) is 12.0 Å². The number of amides is 2. The quantitative estimate of drug-likeness (QED) is 0.790. The Kier molecular flexibility index (Phi) is 4.76. The van der Waals surface area contributed by atoms with Crippen LogP contribution in [0.5, 0.6) is 0 Å². The molecule has 1 saturated carbocycles. The van der Waals surface area contributed by atoms with E-state index in [-0.39, 0.29) is 11.6 Å². The molecule has 0 unspecified atom stereocenters. The highest BCUT2D eigenvalue weighted by Crippen LogP contribution is 2.21. The summed E-state index contributed by atoms with van der Waals surface area (Å²) in [6.45, 7) is 0. The van der Waals surface area contributed by atoms with E-state index in [4.69, 9.17) is 5.11 Å². The lowest BCUT2D eigenvalue weighted by atomic mass is 9.96. The molecule has 5 heteroatoms. The fourth-order valence-corrected chi connectivity index (χ4v) is 2.18. The van der Waals surface area contributed by atoms with Crippen LogP contribution in [0, 0.1) is 0 Å². The second-order valence-corrected chi connectivity index (χ2v) is 4.84. The lowest BCUT2D eigenvalue weighted by molar-refractivity contribution is 0.0697. The Hall–Kier alpha value is -2.30. The summed E-state index contributed by atoms with van der Waals surface area (Å²) in [6, 6.07) is 5.73. The Morgan fingerprint density at radius 1 is 1.05 bits per heavy atom.